The van der Waals surface area contributed by atoms with E-state index < -0.39 is 24.0 Å². The van der Waals surface area contributed by atoms with E-state index >= 15 is 0 Å². The number of carbonyl (C=O) groups is 3. The minimum atomic E-state index is -1.14. The number of hydrogen-bond acceptors (Lipinski definition) is 7. The molecule has 2 rings (SSSR count). The Balaban J connectivity index is 1.76. The number of ether oxygens (including phenoxy) is 2. The highest BCUT2D eigenvalue weighted by Gasteiger charge is 2.19. The molecule has 1 aromatic heterocycles. The topological polar surface area (TPSA) is 121 Å². The zero-order valence-corrected chi connectivity index (χ0v) is 13.1. The molecule has 0 spiro atoms. The quantitative estimate of drug-likeness (QED) is 0.757. The van der Waals surface area contributed by atoms with Crippen LogP contribution in [0.5, 0.6) is 0 Å². The molecule has 1 aromatic carbocycles. The van der Waals surface area contributed by atoms with Crippen molar-refractivity contribution < 1.29 is 23.9 Å². The van der Waals surface area contributed by atoms with Crippen LogP contribution in [0, 0.1) is 0 Å². The van der Waals surface area contributed by atoms with Crippen LogP contribution in [0.15, 0.2) is 24.3 Å². The van der Waals surface area contributed by atoms with Crippen molar-refractivity contribution in [3.05, 3.63) is 29.3 Å². The Kier molecular flexibility index (Phi) is 5.61. The fourth-order valence-corrected chi connectivity index (χ4v) is 2.62. The summed E-state index contributed by atoms with van der Waals surface area (Å²) in [6.45, 7) is 1.16. The van der Waals surface area contributed by atoms with Gasteiger partial charge in [-0.3, -0.25) is 10.1 Å². The number of amides is 3. The number of rotatable bonds is 6. The van der Waals surface area contributed by atoms with Crippen LogP contribution in [-0.4, -0.2) is 35.6 Å². The first kappa shape index (κ1) is 16.8. The average molecular weight is 337 g/mol. The monoisotopic (exact) mass is 337 g/mol. The van der Waals surface area contributed by atoms with Gasteiger partial charge in [-0.25, -0.2) is 14.6 Å². The molecule has 0 unspecified atom stereocenters. The molecule has 23 heavy (non-hydrogen) atoms. The molecule has 0 bridgehead atoms. The molecular weight excluding hydrogens is 322 g/mol. The number of nitrogens with zero attached hydrogens (tertiary/aromatic N) is 1. The maximum Gasteiger partial charge on any atom is 0.332 e. The molecule has 2 aromatic rings. The lowest BCUT2D eigenvalue weighted by atomic mass is 10.3. The van der Waals surface area contributed by atoms with Crippen molar-refractivity contribution >= 4 is 39.5 Å². The highest BCUT2D eigenvalue weighted by atomic mass is 32.1. The number of urea groups is 1. The fraction of sp³-hybridized carbons (Fsp3) is 0.286. The van der Waals surface area contributed by atoms with Gasteiger partial charge in [-0.1, -0.05) is 12.1 Å². The van der Waals surface area contributed by atoms with Crippen molar-refractivity contribution in [2.45, 2.75) is 19.6 Å². The molecule has 1 atom stereocenters. The summed E-state index contributed by atoms with van der Waals surface area (Å²) in [6.07, 6.45) is -1.14. The predicted molar refractivity (Wildman–Crippen MR) is 82.6 cm³/mol. The maximum absolute atomic E-state index is 11.5. The number of aromatic nitrogens is 1. The Hall–Kier alpha value is -2.52. The van der Waals surface area contributed by atoms with Gasteiger partial charge < -0.3 is 15.2 Å². The van der Waals surface area contributed by atoms with Gasteiger partial charge in [0.25, 0.3) is 5.91 Å². The molecule has 1 heterocycles. The van der Waals surface area contributed by atoms with Crippen LogP contribution >= 0.6 is 11.3 Å². The van der Waals surface area contributed by atoms with Crippen molar-refractivity contribution in [1.29, 1.82) is 0 Å². The normalized spacial score (nSPS) is 11.9. The smallest absolute Gasteiger partial charge is 0.332 e. The molecular formula is C14H15N3O5S. The number of nitrogens with one attached hydrogen (secondary N) is 1. The Morgan fingerprint density at radius 1 is 1.35 bits per heavy atom. The summed E-state index contributed by atoms with van der Waals surface area (Å²) in [5, 5.41) is 2.55. The van der Waals surface area contributed by atoms with Crippen molar-refractivity contribution in [3.8, 4) is 0 Å². The molecule has 8 nitrogen and oxygen atoms in total. The third-order valence-electron chi connectivity index (χ3n) is 2.71. The first-order valence-electron chi connectivity index (χ1n) is 6.67. The Bertz CT molecular complexity index is 697. The van der Waals surface area contributed by atoms with Gasteiger partial charge in [0.2, 0.25) is 0 Å². The molecule has 122 valence electrons. The van der Waals surface area contributed by atoms with Crippen LogP contribution in [-0.2, 0) is 25.7 Å². The van der Waals surface area contributed by atoms with Gasteiger partial charge in [-0.2, -0.15) is 0 Å². The van der Waals surface area contributed by atoms with Crippen LogP contribution < -0.4 is 11.1 Å². The molecule has 0 aliphatic rings. The van der Waals surface area contributed by atoms with Crippen LogP contribution in [0.2, 0.25) is 0 Å². The minimum Gasteiger partial charge on any atom is -0.451 e. The summed E-state index contributed by atoms with van der Waals surface area (Å²) in [7, 11) is 0. The van der Waals surface area contributed by atoms with Crippen LogP contribution in [0.1, 0.15) is 11.9 Å². The number of carbonyl (C=O) groups excluding carboxylic acids is 3. The zero-order valence-electron chi connectivity index (χ0n) is 12.3. The lowest BCUT2D eigenvalue weighted by Crippen LogP contribution is -2.42. The molecule has 0 saturated heterocycles. The van der Waals surface area contributed by atoms with Crippen molar-refractivity contribution in [3.63, 3.8) is 0 Å². The molecule has 0 radical (unpaired) electrons. The van der Waals surface area contributed by atoms with E-state index in [9.17, 15) is 14.4 Å². The van der Waals surface area contributed by atoms with E-state index in [0.717, 1.165) is 15.2 Å². The third kappa shape index (κ3) is 5.01. The molecule has 0 fully saturated rings. The van der Waals surface area contributed by atoms with Crippen LogP contribution in [0.25, 0.3) is 10.2 Å². The first-order valence-corrected chi connectivity index (χ1v) is 7.49. The molecule has 0 aliphatic heterocycles. The average Bonchev–Trinajstić information content (AvgIpc) is 2.89. The van der Waals surface area contributed by atoms with Gasteiger partial charge in [0.15, 0.2) is 6.10 Å². The van der Waals surface area contributed by atoms with Crippen molar-refractivity contribution in [2.75, 3.05) is 6.61 Å². The summed E-state index contributed by atoms with van der Waals surface area (Å²) in [4.78, 5) is 37.8. The zero-order chi connectivity index (χ0) is 16.8. The molecule has 3 N–H and O–H groups in total. The number of benzene rings is 1. The highest BCUT2D eigenvalue weighted by Crippen LogP contribution is 2.21. The van der Waals surface area contributed by atoms with Crippen LogP contribution in [0.4, 0.5) is 4.79 Å². The fourth-order valence-electron chi connectivity index (χ4n) is 1.71. The Morgan fingerprint density at radius 2 is 2.09 bits per heavy atom. The van der Waals surface area contributed by atoms with Gasteiger partial charge in [0, 0.05) is 0 Å². The Labute approximate surface area is 135 Å². The van der Waals surface area contributed by atoms with E-state index in [1.54, 1.807) is 0 Å². The second-order valence-electron chi connectivity index (χ2n) is 4.55. The predicted octanol–water partition coefficient (Wildman–Crippen LogP) is 0.940. The third-order valence-corrected chi connectivity index (χ3v) is 3.72. The molecule has 0 aliphatic carbocycles. The van der Waals surface area contributed by atoms with Crippen molar-refractivity contribution in [2.24, 2.45) is 5.73 Å². The molecule has 0 saturated carbocycles. The largest absolute Gasteiger partial charge is 0.451 e. The molecule has 9 heteroatoms. The number of para-hydroxylation sites is 1. The van der Waals surface area contributed by atoms with Gasteiger partial charge in [0.1, 0.15) is 11.6 Å². The number of primary amides is 1. The lowest BCUT2D eigenvalue weighted by Gasteiger charge is -2.11. The lowest BCUT2D eigenvalue weighted by molar-refractivity contribution is -0.159. The van der Waals surface area contributed by atoms with E-state index in [1.807, 2.05) is 29.6 Å². The minimum absolute atomic E-state index is 0.163. The van der Waals surface area contributed by atoms with E-state index in [2.05, 4.69) is 4.98 Å². The summed E-state index contributed by atoms with van der Waals surface area (Å²) in [5.74, 6) is -1.52. The van der Waals surface area contributed by atoms with E-state index in [4.69, 9.17) is 15.2 Å². The van der Waals surface area contributed by atoms with Crippen molar-refractivity contribution in [1.82, 2.24) is 10.3 Å². The summed E-state index contributed by atoms with van der Waals surface area (Å²) in [5.41, 5.74) is 5.67. The maximum atomic E-state index is 11.5. The summed E-state index contributed by atoms with van der Waals surface area (Å²) >= 11 is 1.47. The van der Waals surface area contributed by atoms with Gasteiger partial charge in [-0.15, -0.1) is 11.3 Å². The molecule has 3 amide bonds. The van der Waals surface area contributed by atoms with Crippen LogP contribution in [0.3, 0.4) is 0 Å². The number of hydrogen-bond donors (Lipinski definition) is 2. The number of thiazole rings is 1. The first-order chi connectivity index (χ1) is 11.0. The SMILES string of the molecule is C[C@H](OC(=O)COCc1nc2ccccc2s1)C(=O)NC(N)=O. The standard InChI is InChI=1S/C14H15N3O5S/c1-8(13(19)17-14(15)20)22-12(18)7-21-6-11-16-9-4-2-3-5-10(9)23-11/h2-5,8H,6-7H2,1H3,(H3,15,17,19,20)/t8-/m0/s1. The Morgan fingerprint density at radius 3 is 2.78 bits per heavy atom. The highest BCUT2D eigenvalue weighted by molar-refractivity contribution is 7.18. The van der Waals surface area contributed by atoms with E-state index in [1.165, 1.54) is 18.3 Å². The van der Waals surface area contributed by atoms with E-state index in [-0.39, 0.29) is 13.2 Å². The number of nitrogens with two attached hydrogens (primary N) is 1. The number of fused-ring (bicyclic) bond motifs is 1. The van der Waals surface area contributed by atoms with Gasteiger partial charge >= 0.3 is 12.0 Å². The second kappa shape index (κ2) is 7.65. The van der Waals surface area contributed by atoms with Gasteiger partial charge in [0.05, 0.1) is 16.8 Å². The number of esters is 1. The summed E-state index contributed by atoms with van der Waals surface area (Å²) in [6, 6.07) is 6.64. The summed E-state index contributed by atoms with van der Waals surface area (Å²) < 4.78 is 11.1. The van der Waals surface area contributed by atoms with E-state index in [0.29, 0.717) is 0 Å². The second-order valence-corrected chi connectivity index (χ2v) is 5.67. The van der Waals surface area contributed by atoms with Gasteiger partial charge in [-0.05, 0) is 19.1 Å². The number of imide groups is 1.